The Morgan fingerprint density at radius 3 is 1.31 bits per heavy atom. The van der Waals surface area contributed by atoms with Gasteiger partial charge in [0.15, 0.2) is 0 Å². The zero-order valence-corrected chi connectivity index (χ0v) is 8.45. The first-order chi connectivity index (χ1) is 7.52. The molecule has 0 fully saturated rings. The minimum absolute atomic E-state index is 0.107. The molecule has 0 saturated heterocycles. The van der Waals surface area contributed by atoms with Crippen molar-refractivity contribution in [1.82, 2.24) is 21.3 Å². The lowest BCUT2D eigenvalue weighted by Crippen LogP contribution is -2.42. The summed E-state index contributed by atoms with van der Waals surface area (Å²) in [7, 11) is 0. The van der Waals surface area contributed by atoms with Crippen LogP contribution in [0.3, 0.4) is 0 Å². The molecule has 0 saturated carbocycles. The molecule has 9 nitrogen and oxygen atoms in total. The highest BCUT2D eigenvalue weighted by Gasteiger charge is 1.99. The normalized spacial score (nSPS) is 9.00. The van der Waals surface area contributed by atoms with Crippen molar-refractivity contribution in [2.45, 2.75) is 0 Å². The number of nitrogens with one attached hydrogen (secondary N) is 4. The SMILES string of the molecule is O=C(O)NCCNC(=O)NCCNC(=O)O. The third-order valence-corrected chi connectivity index (χ3v) is 1.37. The van der Waals surface area contributed by atoms with Gasteiger partial charge in [-0.2, -0.15) is 0 Å². The van der Waals surface area contributed by atoms with E-state index in [1.807, 2.05) is 0 Å². The van der Waals surface area contributed by atoms with Crippen molar-refractivity contribution in [3.05, 3.63) is 0 Å². The van der Waals surface area contributed by atoms with Crippen LogP contribution >= 0.6 is 0 Å². The van der Waals surface area contributed by atoms with Gasteiger partial charge in [0.05, 0.1) is 0 Å². The van der Waals surface area contributed by atoms with E-state index in [0.717, 1.165) is 0 Å². The molecule has 6 N–H and O–H groups in total. The zero-order chi connectivity index (χ0) is 12.4. The lowest BCUT2D eigenvalue weighted by atomic mass is 10.6. The van der Waals surface area contributed by atoms with Gasteiger partial charge in [0, 0.05) is 26.2 Å². The van der Waals surface area contributed by atoms with Crippen molar-refractivity contribution in [3.8, 4) is 0 Å². The van der Waals surface area contributed by atoms with Gasteiger partial charge in [-0.15, -0.1) is 0 Å². The first-order valence-corrected chi connectivity index (χ1v) is 4.47. The Labute approximate surface area is 91.2 Å². The fourth-order valence-corrected chi connectivity index (χ4v) is 0.753. The molecule has 0 unspecified atom stereocenters. The maximum atomic E-state index is 11.0. The summed E-state index contributed by atoms with van der Waals surface area (Å²) in [5, 5.41) is 25.3. The second kappa shape index (κ2) is 8.15. The van der Waals surface area contributed by atoms with E-state index in [9.17, 15) is 14.4 Å². The van der Waals surface area contributed by atoms with Gasteiger partial charge < -0.3 is 31.5 Å². The molecule has 0 heterocycles. The molecule has 0 aromatic carbocycles. The quantitative estimate of drug-likeness (QED) is 0.321. The van der Waals surface area contributed by atoms with Crippen molar-refractivity contribution in [2.24, 2.45) is 0 Å². The minimum Gasteiger partial charge on any atom is -0.465 e. The lowest BCUT2D eigenvalue weighted by Gasteiger charge is -2.07. The van der Waals surface area contributed by atoms with Gasteiger partial charge >= 0.3 is 18.2 Å². The fraction of sp³-hybridized carbons (Fsp3) is 0.571. The van der Waals surface area contributed by atoms with E-state index in [2.05, 4.69) is 21.3 Å². The Kier molecular flexibility index (Phi) is 7.03. The van der Waals surface area contributed by atoms with E-state index in [-0.39, 0.29) is 26.2 Å². The van der Waals surface area contributed by atoms with E-state index in [0.29, 0.717) is 0 Å². The van der Waals surface area contributed by atoms with Crippen LogP contribution in [0.25, 0.3) is 0 Å². The molecule has 0 aromatic rings. The van der Waals surface area contributed by atoms with Crippen LogP contribution in [0.5, 0.6) is 0 Å². The van der Waals surface area contributed by atoms with Crippen molar-refractivity contribution >= 4 is 18.2 Å². The molecule has 0 bridgehead atoms. The van der Waals surface area contributed by atoms with Gasteiger partial charge in [-0.3, -0.25) is 0 Å². The molecular weight excluding hydrogens is 220 g/mol. The molecule has 0 aliphatic carbocycles. The zero-order valence-electron chi connectivity index (χ0n) is 8.45. The maximum absolute atomic E-state index is 11.0. The summed E-state index contributed by atoms with van der Waals surface area (Å²) in [5.41, 5.74) is 0. The molecule has 92 valence electrons. The average Bonchev–Trinajstić information content (AvgIpc) is 2.19. The van der Waals surface area contributed by atoms with Crippen LogP contribution in [0.15, 0.2) is 0 Å². The number of amides is 4. The molecule has 0 rings (SSSR count). The summed E-state index contributed by atoms with van der Waals surface area (Å²) in [4.78, 5) is 31.0. The predicted molar refractivity (Wildman–Crippen MR) is 53.5 cm³/mol. The van der Waals surface area contributed by atoms with E-state index in [4.69, 9.17) is 10.2 Å². The number of carbonyl (C=O) groups is 3. The summed E-state index contributed by atoms with van der Waals surface area (Å²) in [6.07, 6.45) is -2.32. The minimum atomic E-state index is -1.16. The summed E-state index contributed by atoms with van der Waals surface area (Å²) in [5.74, 6) is 0. The van der Waals surface area contributed by atoms with Gasteiger partial charge in [0.2, 0.25) is 0 Å². The highest BCUT2D eigenvalue weighted by Crippen LogP contribution is 1.67. The van der Waals surface area contributed by atoms with Crippen LogP contribution in [-0.4, -0.2) is 54.6 Å². The van der Waals surface area contributed by atoms with E-state index in [1.165, 1.54) is 0 Å². The molecule has 0 aromatic heterocycles. The average molecular weight is 234 g/mol. The molecule has 4 amide bonds. The second-order valence-corrected chi connectivity index (χ2v) is 2.65. The fourth-order valence-electron chi connectivity index (χ4n) is 0.753. The van der Waals surface area contributed by atoms with Crippen LogP contribution in [-0.2, 0) is 0 Å². The summed E-state index contributed by atoms with van der Waals surface area (Å²) in [6, 6.07) is -0.487. The molecular formula is C7H14N4O5. The highest BCUT2D eigenvalue weighted by molar-refractivity contribution is 5.74. The van der Waals surface area contributed by atoms with E-state index < -0.39 is 18.2 Å². The Hall–Kier alpha value is -2.19. The Morgan fingerprint density at radius 1 is 0.688 bits per heavy atom. The molecule has 9 heteroatoms. The number of hydrogen-bond acceptors (Lipinski definition) is 3. The molecule has 0 atom stereocenters. The number of carboxylic acid groups (broad SMARTS) is 2. The third-order valence-electron chi connectivity index (χ3n) is 1.37. The van der Waals surface area contributed by atoms with Crippen LogP contribution in [0, 0.1) is 0 Å². The van der Waals surface area contributed by atoms with Crippen LogP contribution in [0.1, 0.15) is 0 Å². The molecule has 16 heavy (non-hydrogen) atoms. The van der Waals surface area contributed by atoms with Crippen LogP contribution < -0.4 is 21.3 Å². The predicted octanol–water partition coefficient (Wildman–Crippen LogP) is -1.18. The van der Waals surface area contributed by atoms with Gasteiger partial charge in [-0.25, -0.2) is 14.4 Å². The smallest absolute Gasteiger partial charge is 0.404 e. The van der Waals surface area contributed by atoms with Crippen LogP contribution in [0.2, 0.25) is 0 Å². The third kappa shape index (κ3) is 9.89. The van der Waals surface area contributed by atoms with Crippen molar-refractivity contribution < 1.29 is 24.6 Å². The van der Waals surface area contributed by atoms with E-state index >= 15 is 0 Å². The van der Waals surface area contributed by atoms with Gasteiger partial charge in [0.1, 0.15) is 0 Å². The van der Waals surface area contributed by atoms with Gasteiger partial charge in [-0.1, -0.05) is 0 Å². The number of urea groups is 1. The monoisotopic (exact) mass is 234 g/mol. The molecule has 0 aliphatic rings. The molecule has 0 aliphatic heterocycles. The standard InChI is InChI=1S/C7H14N4O5/c12-5(8-1-3-10-6(13)14)9-2-4-11-7(15)16/h10-11H,1-4H2,(H,13,14)(H,15,16)(H2,8,9,12). The van der Waals surface area contributed by atoms with Crippen molar-refractivity contribution in [3.63, 3.8) is 0 Å². The molecule has 0 spiro atoms. The largest absolute Gasteiger partial charge is 0.465 e. The first-order valence-electron chi connectivity index (χ1n) is 4.47. The summed E-state index contributed by atoms with van der Waals surface area (Å²) in [6.45, 7) is 0.529. The Balaban J connectivity index is 3.31. The van der Waals surface area contributed by atoms with Gasteiger partial charge in [0.25, 0.3) is 0 Å². The summed E-state index contributed by atoms with van der Waals surface area (Å²) < 4.78 is 0. The van der Waals surface area contributed by atoms with Crippen LogP contribution in [0.4, 0.5) is 14.4 Å². The summed E-state index contributed by atoms with van der Waals surface area (Å²) >= 11 is 0. The van der Waals surface area contributed by atoms with Crippen molar-refractivity contribution in [1.29, 1.82) is 0 Å². The van der Waals surface area contributed by atoms with Crippen molar-refractivity contribution in [2.75, 3.05) is 26.2 Å². The lowest BCUT2D eigenvalue weighted by molar-refractivity contribution is 0.193. The number of rotatable bonds is 6. The van der Waals surface area contributed by atoms with E-state index in [1.54, 1.807) is 0 Å². The number of hydrogen-bond donors (Lipinski definition) is 6. The highest BCUT2D eigenvalue weighted by atomic mass is 16.4. The number of carbonyl (C=O) groups excluding carboxylic acids is 1. The Morgan fingerprint density at radius 2 is 1.00 bits per heavy atom. The van der Waals surface area contributed by atoms with Gasteiger partial charge in [-0.05, 0) is 0 Å². The topological polar surface area (TPSA) is 140 Å². The molecule has 0 radical (unpaired) electrons. The second-order valence-electron chi connectivity index (χ2n) is 2.65. The maximum Gasteiger partial charge on any atom is 0.404 e. The Bertz CT molecular complexity index is 233. The first kappa shape index (κ1) is 13.8.